The highest BCUT2D eigenvalue weighted by molar-refractivity contribution is 5.77. The Morgan fingerprint density at radius 2 is 1.78 bits per heavy atom. The van der Waals surface area contributed by atoms with Crippen molar-refractivity contribution >= 4 is 12.0 Å². The van der Waals surface area contributed by atoms with E-state index in [0.717, 1.165) is 12.8 Å². The van der Waals surface area contributed by atoms with Crippen molar-refractivity contribution in [3.05, 3.63) is 11.6 Å². The summed E-state index contributed by atoms with van der Waals surface area (Å²) in [5, 5.41) is 5.35. The Hall–Kier alpha value is -1.76. The molecule has 1 aliphatic carbocycles. The van der Waals surface area contributed by atoms with Crippen LogP contribution < -0.4 is 16.4 Å². The number of carbonyl (C=O) groups excluding carboxylic acids is 2. The molecule has 0 aromatic carbocycles. The van der Waals surface area contributed by atoms with Crippen LogP contribution in [0.4, 0.5) is 4.79 Å². The summed E-state index contributed by atoms with van der Waals surface area (Å²) in [5.74, 6) is -0.225. The number of methoxy groups -OCH3 is 1. The minimum absolute atomic E-state index is 0.0101. The van der Waals surface area contributed by atoms with E-state index in [1.165, 1.54) is 5.57 Å². The third-order valence-electron chi connectivity index (χ3n) is 7.14. The molecule has 3 fully saturated rings. The summed E-state index contributed by atoms with van der Waals surface area (Å²) in [7, 11) is 1.66. The zero-order valence-electron chi connectivity index (χ0n) is 22.0. The van der Waals surface area contributed by atoms with Crippen LogP contribution in [0.3, 0.4) is 0 Å². The van der Waals surface area contributed by atoms with Gasteiger partial charge < -0.3 is 44.8 Å². The predicted octanol–water partition coefficient (Wildman–Crippen LogP) is 0.897. The maximum absolute atomic E-state index is 12.5. The molecule has 2 heterocycles. The molecule has 36 heavy (non-hydrogen) atoms. The lowest BCUT2D eigenvalue weighted by Gasteiger charge is -2.42. The molecule has 206 valence electrons. The Kier molecular flexibility index (Phi) is 10.5. The van der Waals surface area contributed by atoms with E-state index < -0.39 is 6.09 Å². The molecule has 11 heteroatoms. The van der Waals surface area contributed by atoms with Crippen molar-refractivity contribution in [2.45, 2.75) is 69.5 Å². The highest BCUT2D eigenvalue weighted by atomic mass is 16.6. The second-order valence-electron chi connectivity index (χ2n) is 10.0. The molecule has 2 aliphatic heterocycles. The first kappa shape index (κ1) is 28.8. The number of alkyl carbamates (subject to hydrolysis) is 1. The highest BCUT2D eigenvalue weighted by Crippen LogP contribution is 2.59. The number of rotatable bonds is 15. The van der Waals surface area contributed by atoms with Crippen molar-refractivity contribution in [2.75, 3.05) is 59.8 Å². The third kappa shape index (κ3) is 7.62. The average molecular weight is 514 g/mol. The first-order valence-corrected chi connectivity index (χ1v) is 12.8. The van der Waals surface area contributed by atoms with Crippen LogP contribution in [0.5, 0.6) is 0 Å². The van der Waals surface area contributed by atoms with E-state index >= 15 is 0 Å². The maximum Gasteiger partial charge on any atom is 0.407 e. The Labute approximate surface area is 213 Å². The van der Waals surface area contributed by atoms with Crippen LogP contribution in [-0.2, 0) is 33.2 Å². The summed E-state index contributed by atoms with van der Waals surface area (Å²) in [5.41, 5.74) is 5.84. The summed E-state index contributed by atoms with van der Waals surface area (Å²) in [6, 6.07) is 0. The van der Waals surface area contributed by atoms with Crippen molar-refractivity contribution in [3.63, 3.8) is 0 Å². The molecule has 0 aromatic rings. The molecule has 3 rings (SSSR count). The van der Waals surface area contributed by atoms with Crippen LogP contribution in [0.2, 0.25) is 0 Å². The normalized spacial score (nSPS) is 32.6. The van der Waals surface area contributed by atoms with E-state index in [-0.39, 0.29) is 47.9 Å². The van der Waals surface area contributed by atoms with Crippen LogP contribution in [-0.4, -0.2) is 101 Å². The molecule has 0 radical (unpaired) electrons. The van der Waals surface area contributed by atoms with E-state index in [0.29, 0.717) is 52.5 Å². The van der Waals surface area contributed by atoms with Gasteiger partial charge in [0, 0.05) is 20.2 Å². The maximum atomic E-state index is 12.5. The fourth-order valence-corrected chi connectivity index (χ4v) is 5.13. The Balaban J connectivity index is 1.36. The van der Waals surface area contributed by atoms with Crippen molar-refractivity contribution in [2.24, 2.45) is 11.7 Å². The molecule has 3 unspecified atom stereocenters. The van der Waals surface area contributed by atoms with E-state index in [9.17, 15) is 9.59 Å². The Bertz CT molecular complexity index is 770. The summed E-state index contributed by atoms with van der Waals surface area (Å²) >= 11 is 0. The first-order valence-electron chi connectivity index (χ1n) is 12.8. The van der Waals surface area contributed by atoms with Crippen molar-refractivity contribution < 1.29 is 38.0 Å². The molecule has 3 aliphatic rings. The summed E-state index contributed by atoms with van der Waals surface area (Å²) in [6.07, 6.45) is 3.45. The molecular weight excluding hydrogens is 470 g/mol. The lowest BCUT2D eigenvalue weighted by Crippen LogP contribution is -2.56. The monoisotopic (exact) mass is 513 g/mol. The molecule has 2 amide bonds. The molecule has 2 saturated heterocycles. The summed E-state index contributed by atoms with van der Waals surface area (Å²) in [6.45, 7) is 9.15. The first-order chi connectivity index (χ1) is 17.3. The minimum atomic E-state index is -0.494. The van der Waals surface area contributed by atoms with E-state index in [1.807, 2.05) is 0 Å². The zero-order chi connectivity index (χ0) is 26.2. The summed E-state index contributed by atoms with van der Waals surface area (Å²) in [4.78, 5) is 23.5. The zero-order valence-corrected chi connectivity index (χ0v) is 22.0. The van der Waals surface area contributed by atoms with Gasteiger partial charge in [-0.3, -0.25) is 4.79 Å². The minimum Gasteiger partial charge on any atom is -0.443 e. The van der Waals surface area contributed by atoms with Crippen LogP contribution in [0.25, 0.3) is 0 Å². The van der Waals surface area contributed by atoms with E-state index in [1.54, 1.807) is 7.11 Å². The van der Waals surface area contributed by atoms with Crippen LogP contribution in [0.1, 0.15) is 40.0 Å². The number of nitrogens with two attached hydrogens (primary N) is 1. The molecular formula is C25H43N3O8. The van der Waals surface area contributed by atoms with Crippen LogP contribution in [0.15, 0.2) is 11.6 Å². The van der Waals surface area contributed by atoms with Crippen molar-refractivity contribution in [1.29, 1.82) is 0 Å². The number of allylic oxidation sites excluding steroid dienone is 1. The van der Waals surface area contributed by atoms with Gasteiger partial charge in [0.1, 0.15) is 23.4 Å². The quantitative estimate of drug-likeness (QED) is 0.165. The van der Waals surface area contributed by atoms with Gasteiger partial charge in [-0.25, -0.2) is 4.79 Å². The van der Waals surface area contributed by atoms with Crippen LogP contribution in [0, 0.1) is 5.92 Å². The lowest BCUT2D eigenvalue weighted by atomic mass is 9.68. The Morgan fingerprint density at radius 3 is 2.36 bits per heavy atom. The fourth-order valence-electron chi connectivity index (χ4n) is 5.13. The highest BCUT2D eigenvalue weighted by Gasteiger charge is 2.72. The van der Waals surface area contributed by atoms with Gasteiger partial charge in [0.25, 0.3) is 0 Å². The second-order valence-corrected chi connectivity index (χ2v) is 10.0. The number of hydrogen-bond donors (Lipinski definition) is 3. The number of ether oxygens (including phenoxy) is 6. The van der Waals surface area contributed by atoms with Crippen molar-refractivity contribution in [1.82, 2.24) is 10.6 Å². The molecule has 4 N–H and O–H groups in total. The van der Waals surface area contributed by atoms with Gasteiger partial charge in [-0.15, -0.1) is 0 Å². The molecule has 6 atom stereocenters. The van der Waals surface area contributed by atoms with Gasteiger partial charge in [0.2, 0.25) is 5.91 Å². The second kappa shape index (κ2) is 13.2. The fraction of sp³-hybridized carbons (Fsp3) is 0.840. The largest absolute Gasteiger partial charge is 0.443 e. The van der Waals surface area contributed by atoms with Gasteiger partial charge in [0.15, 0.2) is 0 Å². The van der Waals surface area contributed by atoms with Crippen LogP contribution >= 0.6 is 0 Å². The predicted molar refractivity (Wildman–Crippen MR) is 132 cm³/mol. The average Bonchev–Trinajstić information content (AvgIpc) is 3.76. The molecule has 0 aromatic heterocycles. The van der Waals surface area contributed by atoms with E-state index in [2.05, 4.69) is 37.5 Å². The van der Waals surface area contributed by atoms with Gasteiger partial charge in [0.05, 0.1) is 51.6 Å². The number of nitrogens with one attached hydrogen (secondary N) is 2. The van der Waals surface area contributed by atoms with Gasteiger partial charge in [-0.1, -0.05) is 11.6 Å². The van der Waals surface area contributed by atoms with E-state index in [4.69, 9.17) is 34.2 Å². The standard InChI is InChI=1S/C25H43N3O8/c1-17(2)5-6-19-24(3,36-19)22-21(31-4)18(7-8-25(22)16-34-25)35-23(30)28-10-12-33-14-13-32-11-9-27-20(29)15-26/h5,18-19,21-22H,6-16,26H2,1-4H3,(H,27,29)(H,28,30)/t18?,19-,21?,22?,24+,25+/m1/s1. The SMILES string of the molecule is COC1C(OC(=O)NCCOCCOCCNC(=O)CN)CC[C@]2(CO2)C1[C@@]1(C)O[C@@H]1CC=C(C)C. The molecule has 1 spiro atoms. The van der Waals surface area contributed by atoms with Crippen molar-refractivity contribution in [3.8, 4) is 0 Å². The number of carbonyl (C=O) groups is 2. The molecule has 1 saturated carbocycles. The molecule has 11 nitrogen and oxygen atoms in total. The molecule has 0 bridgehead atoms. The number of hydrogen-bond acceptors (Lipinski definition) is 9. The van der Waals surface area contributed by atoms with Gasteiger partial charge >= 0.3 is 6.09 Å². The third-order valence-corrected chi connectivity index (χ3v) is 7.14. The summed E-state index contributed by atoms with van der Waals surface area (Å²) < 4.78 is 34.6. The van der Waals surface area contributed by atoms with Gasteiger partial charge in [-0.05, 0) is 40.0 Å². The topological polar surface area (TPSA) is 146 Å². The smallest absolute Gasteiger partial charge is 0.407 e. The number of amides is 2. The van der Waals surface area contributed by atoms with Gasteiger partial charge in [-0.2, -0.15) is 0 Å². The lowest BCUT2D eigenvalue weighted by molar-refractivity contribution is -0.120. The number of epoxide rings is 2. The Morgan fingerprint density at radius 1 is 1.11 bits per heavy atom.